The average Bonchev–Trinajstić information content (AvgIpc) is 2.01. The van der Waals surface area contributed by atoms with E-state index in [2.05, 4.69) is 0 Å². The SMILES string of the molecule is CCc1cc(O)cc(O)c1C(=O)O. The molecule has 0 unspecified atom stereocenters. The molecule has 0 saturated carbocycles. The first-order valence-corrected chi connectivity index (χ1v) is 3.84. The highest BCUT2D eigenvalue weighted by molar-refractivity contribution is 5.92. The standard InChI is InChI=1S/C9H10O4/c1-2-5-3-6(10)4-7(11)8(5)9(12)13/h3-4,10-11H,2H2,1H3,(H,12,13). The third-order valence-electron chi connectivity index (χ3n) is 1.78. The lowest BCUT2D eigenvalue weighted by Gasteiger charge is -2.06. The quantitative estimate of drug-likeness (QED) is 0.645. The summed E-state index contributed by atoms with van der Waals surface area (Å²) in [6, 6.07) is 2.35. The predicted octanol–water partition coefficient (Wildman–Crippen LogP) is 1.36. The second-order valence-corrected chi connectivity index (χ2v) is 2.66. The van der Waals surface area contributed by atoms with Crippen molar-refractivity contribution in [2.75, 3.05) is 0 Å². The molecule has 0 spiro atoms. The number of aromatic hydroxyl groups is 2. The van der Waals surface area contributed by atoms with Crippen molar-refractivity contribution < 1.29 is 20.1 Å². The van der Waals surface area contributed by atoms with Crippen molar-refractivity contribution in [3.63, 3.8) is 0 Å². The molecular weight excluding hydrogens is 172 g/mol. The maximum atomic E-state index is 10.7. The summed E-state index contributed by atoms with van der Waals surface area (Å²) in [6.45, 7) is 1.75. The van der Waals surface area contributed by atoms with Crippen molar-refractivity contribution in [3.8, 4) is 11.5 Å². The Hall–Kier alpha value is -1.71. The minimum Gasteiger partial charge on any atom is -0.508 e. The zero-order chi connectivity index (χ0) is 10.0. The van der Waals surface area contributed by atoms with E-state index in [9.17, 15) is 9.90 Å². The van der Waals surface area contributed by atoms with E-state index < -0.39 is 11.7 Å². The minimum atomic E-state index is -1.19. The van der Waals surface area contributed by atoms with Crippen molar-refractivity contribution in [1.29, 1.82) is 0 Å². The summed E-state index contributed by atoms with van der Waals surface area (Å²) in [4.78, 5) is 10.7. The molecule has 4 heteroatoms. The highest BCUT2D eigenvalue weighted by atomic mass is 16.4. The van der Waals surface area contributed by atoms with E-state index >= 15 is 0 Å². The van der Waals surface area contributed by atoms with E-state index in [1.165, 1.54) is 6.07 Å². The van der Waals surface area contributed by atoms with Gasteiger partial charge in [-0.3, -0.25) is 0 Å². The molecule has 0 amide bonds. The van der Waals surface area contributed by atoms with Gasteiger partial charge in [0, 0.05) is 6.07 Å². The number of carbonyl (C=O) groups is 1. The highest BCUT2D eigenvalue weighted by Crippen LogP contribution is 2.27. The molecule has 1 aromatic carbocycles. The third kappa shape index (κ3) is 1.72. The number of carboxylic acid groups (broad SMARTS) is 1. The molecule has 0 aliphatic heterocycles. The van der Waals surface area contributed by atoms with Gasteiger partial charge in [-0.1, -0.05) is 6.92 Å². The molecule has 3 N–H and O–H groups in total. The molecular formula is C9H10O4. The Morgan fingerprint density at radius 3 is 2.46 bits per heavy atom. The molecule has 4 nitrogen and oxygen atoms in total. The average molecular weight is 182 g/mol. The van der Waals surface area contributed by atoms with Gasteiger partial charge >= 0.3 is 5.97 Å². The van der Waals surface area contributed by atoms with Crippen LogP contribution in [0.1, 0.15) is 22.8 Å². The lowest BCUT2D eigenvalue weighted by atomic mass is 10.0. The molecule has 0 fully saturated rings. The van der Waals surface area contributed by atoms with E-state index in [-0.39, 0.29) is 11.3 Å². The second-order valence-electron chi connectivity index (χ2n) is 2.66. The van der Waals surface area contributed by atoms with Crippen LogP contribution in [-0.4, -0.2) is 21.3 Å². The number of hydrogen-bond donors (Lipinski definition) is 3. The van der Waals surface area contributed by atoms with E-state index in [0.717, 1.165) is 6.07 Å². The first kappa shape index (κ1) is 9.38. The fourth-order valence-corrected chi connectivity index (χ4v) is 1.19. The molecule has 70 valence electrons. The number of carboxylic acids is 1. The summed E-state index contributed by atoms with van der Waals surface area (Å²) >= 11 is 0. The van der Waals surface area contributed by atoms with Gasteiger partial charge in [0.05, 0.1) is 0 Å². The van der Waals surface area contributed by atoms with Crippen LogP contribution in [0.2, 0.25) is 0 Å². The van der Waals surface area contributed by atoms with Crippen molar-refractivity contribution in [3.05, 3.63) is 23.3 Å². The molecule has 0 aliphatic rings. The Morgan fingerprint density at radius 2 is 2.00 bits per heavy atom. The molecule has 0 atom stereocenters. The van der Waals surface area contributed by atoms with Gasteiger partial charge in [-0.15, -0.1) is 0 Å². The van der Waals surface area contributed by atoms with E-state index in [1.54, 1.807) is 6.92 Å². The lowest BCUT2D eigenvalue weighted by molar-refractivity contribution is 0.0692. The summed E-state index contributed by atoms with van der Waals surface area (Å²) in [5, 5.41) is 27.0. The first-order valence-electron chi connectivity index (χ1n) is 3.84. The van der Waals surface area contributed by atoms with Gasteiger partial charge in [0.1, 0.15) is 17.1 Å². The molecule has 0 aliphatic carbocycles. The number of benzene rings is 1. The number of aromatic carboxylic acids is 1. The van der Waals surface area contributed by atoms with Crippen LogP contribution in [0.3, 0.4) is 0 Å². The molecule has 1 rings (SSSR count). The zero-order valence-corrected chi connectivity index (χ0v) is 7.11. The monoisotopic (exact) mass is 182 g/mol. The third-order valence-corrected chi connectivity index (χ3v) is 1.78. The Bertz CT molecular complexity index is 344. The van der Waals surface area contributed by atoms with Crippen LogP contribution >= 0.6 is 0 Å². The van der Waals surface area contributed by atoms with Crippen LogP contribution in [0, 0.1) is 0 Å². The van der Waals surface area contributed by atoms with Crippen LogP contribution in [0.5, 0.6) is 11.5 Å². The number of aryl methyl sites for hydroxylation is 1. The van der Waals surface area contributed by atoms with Gasteiger partial charge in [-0.25, -0.2) is 4.79 Å². The molecule has 0 heterocycles. The zero-order valence-electron chi connectivity index (χ0n) is 7.11. The summed E-state index contributed by atoms with van der Waals surface area (Å²) in [5.74, 6) is -1.71. The minimum absolute atomic E-state index is 0.126. The smallest absolute Gasteiger partial charge is 0.339 e. The van der Waals surface area contributed by atoms with Gasteiger partial charge in [-0.05, 0) is 18.1 Å². The molecule has 13 heavy (non-hydrogen) atoms. The first-order chi connectivity index (χ1) is 6.06. The Balaban J connectivity index is 3.38. The van der Waals surface area contributed by atoms with Crippen molar-refractivity contribution in [2.45, 2.75) is 13.3 Å². The molecule has 0 radical (unpaired) electrons. The molecule has 1 aromatic rings. The van der Waals surface area contributed by atoms with Gasteiger partial charge < -0.3 is 15.3 Å². The van der Waals surface area contributed by atoms with E-state index in [0.29, 0.717) is 12.0 Å². The summed E-state index contributed by atoms with van der Waals surface area (Å²) < 4.78 is 0. The second kappa shape index (κ2) is 3.35. The number of phenols is 2. The normalized spacial score (nSPS) is 9.92. The summed E-state index contributed by atoms with van der Waals surface area (Å²) in [6.07, 6.45) is 0.448. The van der Waals surface area contributed by atoms with Crippen LogP contribution in [0.25, 0.3) is 0 Å². The van der Waals surface area contributed by atoms with Gasteiger partial charge in [0.25, 0.3) is 0 Å². The summed E-state index contributed by atoms with van der Waals surface area (Å²) in [7, 11) is 0. The Kier molecular flexibility index (Phi) is 2.41. The maximum Gasteiger partial charge on any atom is 0.339 e. The van der Waals surface area contributed by atoms with Crippen LogP contribution in [0.4, 0.5) is 0 Å². The van der Waals surface area contributed by atoms with Crippen molar-refractivity contribution in [1.82, 2.24) is 0 Å². The lowest BCUT2D eigenvalue weighted by Crippen LogP contribution is -2.01. The Labute approximate surface area is 75.1 Å². The van der Waals surface area contributed by atoms with E-state index in [1.807, 2.05) is 0 Å². The van der Waals surface area contributed by atoms with E-state index in [4.69, 9.17) is 10.2 Å². The number of phenolic OH excluding ortho intramolecular Hbond substituents is 1. The Morgan fingerprint density at radius 1 is 1.38 bits per heavy atom. The topological polar surface area (TPSA) is 77.8 Å². The molecule has 0 saturated heterocycles. The van der Waals surface area contributed by atoms with Crippen LogP contribution in [0.15, 0.2) is 12.1 Å². The van der Waals surface area contributed by atoms with Gasteiger partial charge in [-0.2, -0.15) is 0 Å². The summed E-state index contributed by atoms with van der Waals surface area (Å²) in [5.41, 5.74) is 0.283. The van der Waals surface area contributed by atoms with Crippen LogP contribution in [-0.2, 0) is 6.42 Å². The highest BCUT2D eigenvalue weighted by Gasteiger charge is 2.15. The maximum absolute atomic E-state index is 10.7. The fourth-order valence-electron chi connectivity index (χ4n) is 1.19. The predicted molar refractivity (Wildman–Crippen MR) is 46.1 cm³/mol. The number of rotatable bonds is 2. The fraction of sp³-hybridized carbons (Fsp3) is 0.222. The van der Waals surface area contributed by atoms with Gasteiger partial charge in [0.15, 0.2) is 0 Å². The molecule has 0 aromatic heterocycles. The molecule has 0 bridgehead atoms. The number of hydrogen-bond acceptors (Lipinski definition) is 3. The van der Waals surface area contributed by atoms with Crippen molar-refractivity contribution in [2.24, 2.45) is 0 Å². The van der Waals surface area contributed by atoms with Crippen LogP contribution < -0.4 is 0 Å². The largest absolute Gasteiger partial charge is 0.508 e. The van der Waals surface area contributed by atoms with Crippen molar-refractivity contribution >= 4 is 5.97 Å². The van der Waals surface area contributed by atoms with Gasteiger partial charge in [0.2, 0.25) is 0 Å².